The highest BCUT2D eigenvalue weighted by molar-refractivity contribution is 4.99. The van der Waals surface area contributed by atoms with Crippen LogP contribution in [0.25, 0.3) is 0 Å². The van der Waals surface area contributed by atoms with Gasteiger partial charge in [0.25, 0.3) is 0 Å². The van der Waals surface area contributed by atoms with Crippen LogP contribution in [0.5, 0.6) is 0 Å². The largest absolute Gasteiger partial charge is 0.311 e. The number of aryl methyl sites for hydroxylation is 1. The summed E-state index contributed by atoms with van der Waals surface area (Å²) in [5.41, 5.74) is 1.18. The number of hydrogen-bond acceptors (Lipinski definition) is 3. The van der Waals surface area contributed by atoms with Crippen molar-refractivity contribution in [3.63, 3.8) is 0 Å². The van der Waals surface area contributed by atoms with Gasteiger partial charge in [-0.05, 0) is 18.9 Å². The van der Waals surface area contributed by atoms with E-state index in [2.05, 4.69) is 23.4 Å². The standard InChI is InChI=1S/C11H18N4/c1-3-11(4-5-12)13-6-7-15-9-10(2)8-14-15/h8-9,11,13H,3-4,6-7H2,1-2H3. The molecule has 0 bridgehead atoms. The van der Waals surface area contributed by atoms with E-state index in [1.165, 1.54) is 5.56 Å². The van der Waals surface area contributed by atoms with E-state index in [1.807, 2.05) is 24.0 Å². The molecule has 0 radical (unpaired) electrons. The van der Waals surface area contributed by atoms with Crippen molar-refractivity contribution in [2.45, 2.75) is 39.3 Å². The fourth-order valence-corrected chi connectivity index (χ4v) is 1.44. The highest BCUT2D eigenvalue weighted by Crippen LogP contribution is 1.96. The first-order valence-corrected chi connectivity index (χ1v) is 5.35. The molecule has 4 nitrogen and oxygen atoms in total. The Morgan fingerprint density at radius 2 is 2.47 bits per heavy atom. The van der Waals surface area contributed by atoms with Crippen molar-refractivity contribution in [1.82, 2.24) is 15.1 Å². The Labute approximate surface area is 90.9 Å². The minimum absolute atomic E-state index is 0.312. The third-order valence-corrected chi connectivity index (χ3v) is 2.37. The zero-order valence-electron chi connectivity index (χ0n) is 9.40. The molecule has 1 aromatic heterocycles. The molecule has 0 saturated heterocycles. The fraction of sp³-hybridized carbons (Fsp3) is 0.636. The first-order valence-electron chi connectivity index (χ1n) is 5.35. The van der Waals surface area contributed by atoms with Crippen LogP contribution in [0, 0.1) is 18.3 Å². The lowest BCUT2D eigenvalue weighted by Crippen LogP contribution is -2.31. The number of nitriles is 1. The van der Waals surface area contributed by atoms with Crippen molar-refractivity contribution >= 4 is 0 Å². The molecule has 0 saturated carbocycles. The summed E-state index contributed by atoms with van der Waals surface area (Å²) in [5, 5.41) is 16.1. The molecule has 0 amide bonds. The van der Waals surface area contributed by atoms with Crippen LogP contribution in [-0.4, -0.2) is 22.4 Å². The molecule has 0 aliphatic heterocycles. The molecular weight excluding hydrogens is 188 g/mol. The summed E-state index contributed by atoms with van der Waals surface area (Å²) in [4.78, 5) is 0. The van der Waals surface area contributed by atoms with Gasteiger partial charge >= 0.3 is 0 Å². The first-order chi connectivity index (χ1) is 7.26. The summed E-state index contributed by atoms with van der Waals surface area (Å²) in [6, 6.07) is 2.50. The zero-order valence-corrected chi connectivity index (χ0v) is 9.40. The van der Waals surface area contributed by atoms with Gasteiger partial charge in [0.05, 0.1) is 25.2 Å². The Morgan fingerprint density at radius 1 is 1.67 bits per heavy atom. The van der Waals surface area contributed by atoms with E-state index in [-0.39, 0.29) is 0 Å². The Bertz CT molecular complexity index is 324. The van der Waals surface area contributed by atoms with Crippen molar-refractivity contribution < 1.29 is 0 Å². The molecule has 0 fully saturated rings. The summed E-state index contributed by atoms with van der Waals surface area (Å²) in [5.74, 6) is 0. The third kappa shape index (κ3) is 4.13. The smallest absolute Gasteiger partial charge is 0.0638 e. The predicted octanol–water partition coefficient (Wildman–Crippen LogP) is 1.47. The SMILES string of the molecule is CCC(CC#N)NCCn1cc(C)cn1. The van der Waals surface area contributed by atoms with E-state index in [0.29, 0.717) is 12.5 Å². The van der Waals surface area contributed by atoms with Gasteiger partial charge in [-0.25, -0.2) is 0 Å². The van der Waals surface area contributed by atoms with E-state index in [1.54, 1.807) is 0 Å². The minimum atomic E-state index is 0.312. The number of hydrogen-bond donors (Lipinski definition) is 1. The van der Waals surface area contributed by atoms with Gasteiger partial charge in [0, 0.05) is 18.8 Å². The number of nitrogens with one attached hydrogen (secondary N) is 1. The Kier molecular flexibility index (Phi) is 4.85. The van der Waals surface area contributed by atoms with E-state index < -0.39 is 0 Å². The van der Waals surface area contributed by atoms with Crippen molar-refractivity contribution in [3.05, 3.63) is 18.0 Å². The normalized spacial score (nSPS) is 12.3. The molecule has 0 spiro atoms. The van der Waals surface area contributed by atoms with Crippen molar-refractivity contribution in [2.75, 3.05) is 6.54 Å². The fourth-order valence-electron chi connectivity index (χ4n) is 1.44. The van der Waals surface area contributed by atoms with Gasteiger partial charge < -0.3 is 5.32 Å². The third-order valence-electron chi connectivity index (χ3n) is 2.37. The maximum absolute atomic E-state index is 8.58. The molecule has 15 heavy (non-hydrogen) atoms. The van der Waals surface area contributed by atoms with Crippen molar-refractivity contribution in [2.24, 2.45) is 0 Å². The molecule has 0 aliphatic rings. The van der Waals surface area contributed by atoms with Gasteiger partial charge in [0.2, 0.25) is 0 Å². The van der Waals surface area contributed by atoms with Crippen LogP contribution in [0.3, 0.4) is 0 Å². The molecule has 1 rings (SSSR count). The summed E-state index contributed by atoms with van der Waals surface area (Å²) >= 11 is 0. The molecule has 1 N–H and O–H groups in total. The predicted molar refractivity (Wildman–Crippen MR) is 59.3 cm³/mol. The van der Waals surface area contributed by atoms with Crippen LogP contribution in [0.1, 0.15) is 25.3 Å². The van der Waals surface area contributed by atoms with Crippen LogP contribution in [0.2, 0.25) is 0 Å². The first kappa shape index (κ1) is 11.7. The summed E-state index contributed by atoms with van der Waals surface area (Å²) in [6.07, 6.45) is 5.44. The lowest BCUT2D eigenvalue weighted by atomic mass is 10.2. The summed E-state index contributed by atoms with van der Waals surface area (Å²) < 4.78 is 1.92. The molecule has 1 heterocycles. The molecule has 82 valence electrons. The van der Waals surface area contributed by atoms with E-state index in [4.69, 9.17) is 5.26 Å². The average Bonchev–Trinajstić information content (AvgIpc) is 2.63. The zero-order chi connectivity index (χ0) is 11.1. The van der Waals surface area contributed by atoms with Crippen molar-refractivity contribution in [1.29, 1.82) is 5.26 Å². The van der Waals surface area contributed by atoms with Gasteiger partial charge in [0.1, 0.15) is 0 Å². The molecule has 1 atom stereocenters. The van der Waals surface area contributed by atoms with Gasteiger partial charge in [0.15, 0.2) is 0 Å². The molecular formula is C11H18N4. The molecule has 4 heteroatoms. The second-order valence-electron chi connectivity index (χ2n) is 3.70. The highest BCUT2D eigenvalue weighted by atomic mass is 15.3. The molecule has 0 aliphatic carbocycles. The Morgan fingerprint density at radius 3 is 3.00 bits per heavy atom. The van der Waals surface area contributed by atoms with Gasteiger partial charge in [-0.15, -0.1) is 0 Å². The maximum atomic E-state index is 8.58. The highest BCUT2D eigenvalue weighted by Gasteiger charge is 2.03. The topological polar surface area (TPSA) is 53.6 Å². The van der Waals surface area contributed by atoms with Crippen LogP contribution in [-0.2, 0) is 6.54 Å². The Balaban J connectivity index is 2.23. The molecule has 0 aromatic carbocycles. The summed E-state index contributed by atoms with van der Waals surface area (Å²) in [7, 11) is 0. The number of nitrogens with zero attached hydrogens (tertiary/aromatic N) is 3. The maximum Gasteiger partial charge on any atom is 0.0638 e. The van der Waals surface area contributed by atoms with Gasteiger partial charge in [-0.3, -0.25) is 4.68 Å². The van der Waals surface area contributed by atoms with E-state index in [0.717, 1.165) is 19.5 Å². The van der Waals surface area contributed by atoms with Crippen LogP contribution < -0.4 is 5.32 Å². The van der Waals surface area contributed by atoms with Crippen LogP contribution >= 0.6 is 0 Å². The Hall–Kier alpha value is -1.34. The number of rotatable bonds is 6. The van der Waals surface area contributed by atoms with Crippen molar-refractivity contribution in [3.8, 4) is 6.07 Å². The van der Waals surface area contributed by atoms with Gasteiger partial charge in [-0.1, -0.05) is 6.92 Å². The molecule has 1 aromatic rings. The minimum Gasteiger partial charge on any atom is -0.311 e. The second kappa shape index (κ2) is 6.20. The van der Waals surface area contributed by atoms with Crippen LogP contribution in [0.15, 0.2) is 12.4 Å². The van der Waals surface area contributed by atoms with E-state index >= 15 is 0 Å². The summed E-state index contributed by atoms with van der Waals surface area (Å²) in [6.45, 7) is 5.84. The van der Waals surface area contributed by atoms with Gasteiger partial charge in [-0.2, -0.15) is 10.4 Å². The lowest BCUT2D eigenvalue weighted by Gasteiger charge is -2.12. The monoisotopic (exact) mass is 206 g/mol. The van der Waals surface area contributed by atoms with Crippen LogP contribution in [0.4, 0.5) is 0 Å². The lowest BCUT2D eigenvalue weighted by molar-refractivity contribution is 0.468. The van der Waals surface area contributed by atoms with E-state index in [9.17, 15) is 0 Å². The number of aromatic nitrogens is 2. The quantitative estimate of drug-likeness (QED) is 0.767. The average molecular weight is 206 g/mol. The second-order valence-corrected chi connectivity index (χ2v) is 3.70. The molecule has 1 unspecified atom stereocenters.